The largest absolute Gasteiger partial charge is 0.393 e. The van der Waals surface area contributed by atoms with Crippen molar-refractivity contribution in [1.29, 1.82) is 0 Å². The molecule has 4 rings (SSSR count). The number of rotatable bonds is 0. The standard InChI is InChI=1S/C19H32O/c1-18-9-3-4-16(18)15-6-5-13-12-14(20)7-11-19(13,2)17(15)8-10-18/h13-17,20H,3-12H2,1-2H3/t13-,14?,15-,16-,17-,18-,19-/m0/s1. The summed E-state index contributed by atoms with van der Waals surface area (Å²) in [7, 11) is 0. The predicted octanol–water partition coefficient (Wildman–Crippen LogP) is 4.78. The summed E-state index contributed by atoms with van der Waals surface area (Å²) >= 11 is 0. The molecular weight excluding hydrogens is 244 g/mol. The second-order valence-electron chi connectivity index (χ2n) is 9.17. The highest BCUT2D eigenvalue weighted by Crippen LogP contribution is 2.66. The average molecular weight is 276 g/mol. The molecule has 1 unspecified atom stereocenters. The van der Waals surface area contributed by atoms with Crippen molar-refractivity contribution in [2.45, 2.75) is 84.2 Å². The van der Waals surface area contributed by atoms with Crippen molar-refractivity contribution >= 4 is 0 Å². The lowest BCUT2D eigenvalue weighted by Crippen LogP contribution is -2.53. The Labute approximate surface area is 124 Å². The lowest BCUT2D eigenvalue weighted by molar-refractivity contribution is -0.120. The molecule has 20 heavy (non-hydrogen) atoms. The topological polar surface area (TPSA) is 20.2 Å². The van der Waals surface area contributed by atoms with Crippen molar-refractivity contribution in [2.75, 3.05) is 0 Å². The van der Waals surface area contributed by atoms with Gasteiger partial charge in [0.25, 0.3) is 0 Å². The van der Waals surface area contributed by atoms with Gasteiger partial charge < -0.3 is 5.11 Å². The summed E-state index contributed by atoms with van der Waals surface area (Å²) in [4.78, 5) is 0. The fourth-order valence-corrected chi connectivity index (χ4v) is 7.23. The third-order valence-electron chi connectivity index (χ3n) is 8.42. The Morgan fingerprint density at radius 2 is 1.70 bits per heavy atom. The molecule has 1 heteroatoms. The molecule has 4 aliphatic rings. The third-order valence-corrected chi connectivity index (χ3v) is 8.42. The van der Waals surface area contributed by atoms with Gasteiger partial charge in [-0.1, -0.05) is 20.3 Å². The normalized spacial score (nSPS) is 58.6. The van der Waals surface area contributed by atoms with Crippen LogP contribution in [0.4, 0.5) is 0 Å². The van der Waals surface area contributed by atoms with E-state index in [0.717, 1.165) is 36.5 Å². The second kappa shape index (κ2) is 4.48. The maximum absolute atomic E-state index is 10.0. The number of fused-ring (bicyclic) bond motifs is 5. The SMILES string of the molecule is C[C@@]12CCC[C@H]1[C@@H]1CC[C@H]3CC(O)CC[C@]3(C)[C@H]1CC2. The molecule has 0 radical (unpaired) electrons. The van der Waals surface area contributed by atoms with E-state index in [9.17, 15) is 5.11 Å². The average Bonchev–Trinajstić information content (AvgIpc) is 2.81. The molecule has 0 aromatic heterocycles. The van der Waals surface area contributed by atoms with Gasteiger partial charge in [0.1, 0.15) is 0 Å². The molecule has 7 atom stereocenters. The van der Waals surface area contributed by atoms with Crippen LogP contribution in [0.15, 0.2) is 0 Å². The predicted molar refractivity (Wildman–Crippen MR) is 82.4 cm³/mol. The maximum Gasteiger partial charge on any atom is 0.0543 e. The van der Waals surface area contributed by atoms with E-state index in [1.807, 2.05) is 0 Å². The Kier molecular flexibility index (Phi) is 3.05. The summed E-state index contributed by atoms with van der Waals surface area (Å²) in [5.41, 5.74) is 1.25. The Bertz CT molecular complexity index is 391. The van der Waals surface area contributed by atoms with Crippen LogP contribution in [0.5, 0.6) is 0 Å². The molecule has 0 aromatic carbocycles. The van der Waals surface area contributed by atoms with E-state index in [4.69, 9.17) is 0 Å². The van der Waals surface area contributed by atoms with E-state index in [1.165, 1.54) is 51.4 Å². The highest BCUT2D eigenvalue weighted by atomic mass is 16.3. The van der Waals surface area contributed by atoms with Gasteiger partial charge in [-0.05, 0) is 92.3 Å². The molecule has 4 fully saturated rings. The first kappa shape index (κ1) is 13.6. The Morgan fingerprint density at radius 1 is 0.850 bits per heavy atom. The van der Waals surface area contributed by atoms with Crippen molar-refractivity contribution in [3.63, 3.8) is 0 Å². The van der Waals surface area contributed by atoms with Crippen LogP contribution in [0, 0.1) is 34.5 Å². The molecule has 0 heterocycles. The lowest BCUT2D eigenvalue weighted by Gasteiger charge is -2.60. The second-order valence-corrected chi connectivity index (χ2v) is 9.17. The van der Waals surface area contributed by atoms with Gasteiger partial charge in [0.2, 0.25) is 0 Å². The lowest BCUT2D eigenvalue weighted by atomic mass is 9.45. The maximum atomic E-state index is 10.0. The van der Waals surface area contributed by atoms with E-state index in [2.05, 4.69) is 13.8 Å². The fraction of sp³-hybridized carbons (Fsp3) is 1.00. The van der Waals surface area contributed by atoms with Crippen LogP contribution in [0.1, 0.15) is 78.1 Å². The van der Waals surface area contributed by atoms with Gasteiger partial charge in [0.05, 0.1) is 6.10 Å². The molecule has 114 valence electrons. The molecule has 0 amide bonds. The monoisotopic (exact) mass is 276 g/mol. The highest BCUT2D eigenvalue weighted by Gasteiger charge is 2.57. The van der Waals surface area contributed by atoms with Crippen molar-refractivity contribution in [2.24, 2.45) is 34.5 Å². The molecule has 1 nitrogen and oxygen atoms in total. The number of aliphatic hydroxyl groups is 1. The molecule has 0 aromatic rings. The fourth-order valence-electron chi connectivity index (χ4n) is 7.23. The van der Waals surface area contributed by atoms with Gasteiger partial charge in [-0.2, -0.15) is 0 Å². The summed E-state index contributed by atoms with van der Waals surface area (Å²) in [6.45, 7) is 5.19. The summed E-state index contributed by atoms with van der Waals surface area (Å²) < 4.78 is 0. The summed E-state index contributed by atoms with van der Waals surface area (Å²) in [5, 5.41) is 10.0. The van der Waals surface area contributed by atoms with Crippen molar-refractivity contribution in [3.8, 4) is 0 Å². The van der Waals surface area contributed by atoms with Gasteiger partial charge in [-0.25, -0.2) is 0 Å². The number of aliphatic hydroxyl groups excluding tert-OH is 1. The molecule has 0 spiro atoms. The molecule has 0 bridgehead atoms. The van der Waals surface area contributed by atoms with E-state index in [1.54, 1.807) is 0 Å². The Hall–Kier alpha value is -0.0400. The van der Waals surface area contributed by atoms with Crippen LogP contribution in [0.3, 0.4) is 0 Å². The van der Waals surface area contributed by atoms with Gasteiger partial charge in [-0.15, -0.1) is 0 Å². The molecular formula is C19H32O. The smallest absolute Gasteiger partial charge is 0.0543 e. The molecule has 1 N–H and O–H groups in total. The number of hydrogen-bond donors (Lipinski definition) is 1. The minimum Gasteiger partial charge on any atom is -0.393 e. The van der Waals surface area contributed by atoms with Gasteiger partial charge in [0, 0.05) is 0 Å². The Balaban J connectivity index is 1.62. The van der Waals surface area contributed by atoms with Gasteiger partial charge >= 0.3 is 0 Å². The van der Waals surface area contributed by atoms with Crippen LogP contribution in [0.2, 0.25) is 0 Å². The van der Waals surface area contributed by atoms with Crippen LogP contribution in [-0.4, -0.2) is 11.2 Å². The first-order chi connectivity index (χ1) is 9.53. The molecule has 0 saturated heterocycles. The first-order valence-electron chi connectivity index (χ1n) is 9.21. The molecule has 0 aliphatic heterocycles. The van der Waals surface area contributed by atoms with Crippen molar-refractivity contribution < 1.29 is 5.11 Å². The van der Waals surface area contributed by atoms with Gasteiger partial charge in [0.15, 0.2) is 0 Å². The minimum atomic E-state index is 0.00459. The third kappa shape index (κ3) is 1.77. The summed E-state index contributed by atoms with van der Waals surface area (Å²) in [6.07, 6.45) is 13.8. The van der Waals surface area contributed by atoms with Crippen molar-refractivity contribution in [3.05, 3.63) is 0 Å². The zero-order valence-corrected chi connectivity index (χ0v) is 13.4. The van der Waals surface area contributed by atoms with E-state index in [-0.39, 0.29) is 6.10 Å². The quantitative estimate of drug-likeness (QED) is 0.675. The van der Waals surface area contributed by atoms with Crippen LogP contribution in [0.25, 0.3) is 0 Å². The highest BCUT2D eigenvalue weighted by molar-refractivity contribution is 5.07. The summed E-state index contributed by atoms with van der Waals surface area (Å²) in [6, 6.07) is 0. The van der Waals surface area contributed by atoms with E-state index < -0.39 is 0 Å². The molecule has 4 aliphatic carbocycles. The summed E-state index contributed by atoms with van der Waals surface area (Å²) in [5.74, 6) is 3.85. The minimum absolute atomic E-state index is 0.00459. The van der Waals surface area contributed by atoms with Gasteiger partial charge in [-0.3, -0.25) is 0 Å². The Morgan fingerprint density at radius 3 is 2.55 bits per heavy atom. The zero-order chi connectivity index (χ0) is 14.0. The van der Waals surface area contributed by atoms with Crippen LogP contribution < -0.4 is 0 Å². The molecule has 4 saturated carbocycles. The number of hydrogen-bond acceptors (Lipinski definition) is 1. The van der Waals surface area contributed by atoms with Crippen LogP contribution >= 0.6 is 0 Å². The van der Waals surface area contributed by atoms with E-state index >= 15 is 0 Å². The van der Waals surface area contributed by atoms with Crippen LogP contribution in [-0.2, 0) is 0 Å². The first-order valence-corrected chi connectivity index (χ1v) is 9.21. The van der Waals surface area contributed by atoms with Crippen molar-refractivity contribution in [1.82, 2.24) is 0 Å². The zero-order valence-electron chi connectivity index (χ0n) is 13.4. The van der Waals surface area contributed by atoms with E-state index in [0.29, 0.717) is 10.8 Å².